The van der Waals surface area contributed by atoms with Crippen LogP contribution >= 0.6 is 15.9 Å². The van der Waals surface area contributed by atoms with Crippen molar-refractivity contribution in [1.82, 2.24) is 10.2 Å². The van der Waals surface area contributed by atoms with E-state index in [0.29, 0.717) is 5.70 Å². The lowest BCUT2D eigenvalue weighted by molar-refractivity contribution is -0.115. The molecule has 0 saturated carbocycles. The fourth-order valence-electron chi connectivity index (χ4n) is 1.41. The highest BCUT2D eigenvalue weighted by Gasteiger charge is 2.29. The van der Waals surface area contributed by atoms with Crippen LogP contribution < -0.4 is 5.32 Å². The van der Waals surface area contributed by atoms with Crippen molar-refractivity contribution in [3.8, 4) is 0 Å². The molecule has 5 heteroatoms. The zero-order valence-corrected chi connectivity index (χ0v) is 10.1. The highest BCUT2D eigenvalue weighted by atomic mass is 79.9. The molecule has 0 bridgehead atoms. The second-order valence-electron chi connectivity index (χ2n) is 3.37. The van der Waals surface area contributed by atoms with Gasteiger partial charge in [0.15, 0.2) is 0 Å². The van der Waals surface area contributed by atoms with Gasteiger partial charge < -0.3 is 0 Å². The Bertz CT molecular complexity index is 497. The summed E-state index contributed by atoms with van der Waals surface area (Å²) in [4.78, 5) is 24.0. The van der Waals surface area contributed by atoms with Gasteiger partial charge in [-0.2, -0.15) is 0 Å². The van der Waals surface area contributed by atoms with Crippen LogP contribution in [0.2, 0.25) is 0 Å². The normalized spacial score (nSPS) is 18.1. The molecule has 0 unspecified atom stereocenters. The van der Waals surface area contributed by atoms with Gasteiger partial charge in [-0.1, -0.05) is 34.1 Å². The molecule has 1 aliphatic rings. The Hall–Kier alpha value is -1.62. The summed E-state index contributed by atoms with van der Waals surface area (Å²) in [5.74, 6) is -0.372. The van der Waals surface area contributed by atoms with Crippen molar-refractivity contribution < 1.29 is 9.59 Å². The van der Waals surface area contributed by atoms with Gasteiger partial charge in [0.1, 0.15) is 5.70 Å². The van der Waals surface area contributed by atoms with Gasteiger partial charge >= 0.3 is 6.03 Å². The number of amides is 3. The molecular weight excluding hydrogens is 272 g/mol. The van der Waals surface area contributed by atoms with Crippen LogP contribution in [0.3, 0.4) is 0 Å². The van der Waals surface area contributed by atoms with E-state index >= 15 is 0 Å². The average molecular weight is 281 g/mol. The molecule has 1 N–H and O–H groups in total. The molecule has 2 rings (SSSR count). The van der Waals surface area contributed by atoms with Crippen LogP contribution in [0.1, 0.15) is 5.56 Å². The molecule has 1 aromatic carbocycles. The number of urea groups is 1. The van der Waals surface area contributed by atoms with Crippen LogP contribution in [0, 0.1) is 0 Å². The zero-order valence-electron chi connectivity index (χ0n) is 8.53. The second-order valence-corrected chi connectivity index (χ2v) is 4.22. The predicted octanol–water partition coefficient (Wildman–Crippen LogP) is 1.97. The van der Waals surface area contributed by atoms with E-state index in [9.17, 15) is 9.59 Å². The Morgan fingerprint density at radius 3 is 2.56 bits per heavy atom. The number of halogens is 1. The lowest BCUT2D eigenvalue weighted by atomic mass is 10.2. The number of imide groups is 1. The number of nitrogens with one attached hydrogen (secondary N) is 1. The predicted molar refractivity (Wildman–Crippen MR) is 63.4 cm³/mol. The second kappa shape index (κ2) is 4.09. The maximum atomic E-state index is 11.5. The van der Waals surface area contributed by atoms with Gasteiger partial charge in [0.05, 0.1) is 0 Å². The summed E-state index contributed by atoms with van der Waals surface area (Å²) in [6.07, 6.45) is 1.67. The van der Waals surface area contributed by atoms with E-state index in [1.807, 2.05) is 24.3 Å². The van der Waals surface area contributed by atoms with Gasteiger partial charge in [0.25, 0.3) is 5.91 Å². The third kappa shape index (κ3) is 1.86. The van der Waals surface area contributed by atoms with Gasteiger partial charge in [-0.05, 0) is 17.7 Å². The van der Waals surface area contributed by atoms with Gasteiger partial charge in [-0.3, -0.25) is 15.0 Å². The average Bonchev–Trinajstić information content (AvgIpc) is 2.48. The molecule has 82 valence electrons. The molecule has 0 atom stereocenters. The topological polar surface area (TPSA) is 49.4 Å². The SMILES string of the molecule is CN1C(=O)NC(=O)C1=Cc1ccccc1Br. The maximum absolute atomic E-state index is 11.5. The number of hydrogen-bond acceptors (Lipinski definition) is 2. The Morgan fingerprint density at radius 2 is 2.00 bits per heavy atom. The number of rotatable bonds is 1. The minimum atomic E-state index is -0.400. The largest absolute Gasteiger partial charge is 0.328 e. The first kappa shape index (κ1) is 10.9. The van der Waals surface area contributed by atoms with Gasteiger partial charge in [-0.15, -0.1) is 0 Å². The molecule has 1 heterocycles. The van der Waals surface area contributed by atoms with Crippen LogP contribution in [0.25, 0.3) is 6.08 Å². The lowest BCUT2D eigenvalue weighted by Crippen LogP contribution is -2.24. The molecule has 4 nitrogen and oxygen atoms in total. The molecule has 0 radical (unpaired) electrons. The van der Waals surface area contributed by atoms with Crippen molar-refractivity contribution in [2.45, 2.75) is 0 Å². The molecule has 1 fully saturated rings. The zero-order chi connectivity index (χ0) is 11.7. The summed E-state index contributed by atoms with van der Waals surface area (Å²) in [5, 5.41) is 2.22. The van der Waals surface area contributed by atoms with E-state index in [4.69, 9.17) is 0 Å². The van der Waals surface area contributed by atoms with E-state index in [1.165, 1.54) is 4.90 Å². The van der Waals surface area contributed by atoms with Crippen LogP contribution in [0.5, 0.6) is 0 Å². The van der Waals surface area contributed by atoms with E-state index in [-0.39, 0.29) is 5.91 Å². The van der Waals surface area contributed by atoms with Crippen molar-refractivity contribution in [3.05, 3.63) is 40.0 Å². The number of nitrogens with zero attached hydrogens (tertiary/aromatic N) is 1. The van der Waals surface area contributed by atoms with Crippen LogP contribution in [0.4, 0.5) is 4.79 Å². The Kier molecular flexibility index (Phi) is 2.78. The summed E-state index contributed by atoms with van der Waals surface area (Å²) in [6.45, 7) is 0. The number of carbonyl (C=O) groups excluding carboxylic acids is 2. The Balaban J connectivity index is 2.42. The standard InChI is InChI=1S/C11H9BrN2O2/c1-14-9(10(15)13-11(14)16)6-7-4-2-3-5-8(7)12/h2-6H,1H3,(H,13,15,16). The summed E-state index contributed by atoms with van der Waals surface area (Å²) in [5.41, 5.74) is 1.20. The van der Waals surface area contributed by atoms with Gasteiger partial charge in [0.2, 0.25) is 0 Å². The van der Waals surface area contributed by atoms with Crippen LogP contribution in [0.15, 0.2) is 34.4 Å². The van der Waals surface area contributed by atoms with Gasteiger partial charge in [0, 0.05) is 11.5 Å². The number of carbonyl (C=O) groups is 2. The van der Waals surface area contributed by atoms with Crippen molar-refractivity contribution in [1.29, 1.82) is 0 Å². The third-order valence-corrected chi connectivity index (χ3v) is 3.04. The van der Waals surface area contributed by atoms with E-state index in [0.717, 1.165) is 10.0 Å². The Labute approximate surface area is 101 Å². The molecule has 1 aromatic rings. The highest BCUT2D eigenvalue weighted by Crippen LogP contribution is 2.21. The quantitative estimate of drug-likeness (QED) is 0.632. The maximum Gasteiger partial charge on any atom is 0.328 e. The Morgan fingerprint density at radius 1 is 1.31 bits per heavy atom. The molecular formula is C11H9BrN2O2. The highest BCUT2D eigenvalue weighted by molar-refractivity contribution is 9.10. The van der Waals surface area contributed by atoms with E-state index in [1.54, 1.807) is 13.1 Å². The van der Waals surface area contributed by atoms with Crippen molar-refractivity contribution in [2.75, 3.05) is 7.05 Å². The fourth-order valence-corrected chi connectivity index (χ4v) is 1.81. The first-order chi connectivity index (χ1) is 7.59. The van der Waals surface area contributed by atoms with Gasteiger partial charge in [-0.25, -0.2) is 4.79 Å². The summed E-state index contributed by atoms with van der Waals surface area (Å²) in [6, 6.07) is 7.09. The smallest absolute Gasteiger partial charge is 0.292 e. The third-order valence-electron chi connectivity index (χ3n) is 2.32. The molecule has 0 aromatic heterocycles. The number of benzene rings is 1. The lowest BCUT2D eigenvalue weighted by Gasteiger charge is -2.07. The molecule has 0 aliphatic carbocycles. The number of hydrogen-bond donors (Lipinski definition) is 1. The van der Waals surface area contributed by atoms with E-state index < -0.39 is 6.03 Å². The van der Waals surface area contributed by atoms with E-state index in [2.05, 4.69) is 21.2 Å². The molecule has 16 heavy (non-hydrogen) atoms. The number of likely N-dealkylation sites (N-methyl/N-ethyl adjacent to an activating group) is 1. The first-order valence-corrected chi connectivity index (χ1v) is 5.44. The van der Waals surface area contributed by atoms with Crippen LogP contribution in [-0.2, 0) is 4.79 Å². The summed E-state index contributed by atoms with van der Waals surface area (Å²) < 4.78 is 0.878. The molecule has 1 aliphatic heterocycles. The molecule has 1 saturated heterocycles. The van der Waals surface area contributed by atoms with Crippen molar-refractivity contribution in [3.63, 3.8) is 0 Å². The molecule has 0 spiro atoms. The van der Waals surface area contributed by atoms with Crippen molar-refractivity contribution >= 4 is 33.9 Å². The monoisotopic (exact) mass is 280 g/mol. The molecule has 3 amide bonds. The first-order valence-electron chi connectivity index (χ1n) is 4.65. The van der Waals surface area contributed by atoms with Crippen molar-refractivity contribution in [2.24, 2.45) is 0 Å². The van der Waals surface area contributed by atoms with Crippen LogP contribution in [-0.4, -0.2) is 23.9 Å². The summed E-state index contributed by atoms with van der Waals surface area (Å²) in [7, 11) is 1.56. The minimum absolute atomic E-state index is 0.344. The summed E-state index contributed by atoms with van der Waals surface area (Å²) >= 11 is 3.38. The minimum Gasteiger partial charge on any atom is -0.292 e. The fraction of sp³-hybridized carbons (Fsp3) is 0.0909.